The molecule has 4 aromatic rings. The van der Waals surface area contributed by atoms with Crippen molar-refractivity contribution in [1.82, 2.24) is 19.5 Å². The summed E-state index contributed by atoms with van der Waals surface area (Å²) in [6, 6.07) is 2.88. The summed E-state index contributed by atoms with van der Waals surface area (Å²) in [5.74, 6) is -2.11. The number of aromatic nitrogens is 4. The fraction of sp³-hybridized carbons (Fsp3) is 0.238. The van der Waals surface area contributed by atoms with E-state index in [1.165, 1.54) is 13.1 Å². The lowest BCUT2D eigenvalue weighted by Gasteiger charge is -2.14. The van der Waals surface area contributed by atoms with Crippen LogP contribution in [-0.4, -0.2) is 38.2 Å². The summed E-state index contributed by atoms with van der Waals surface area (Å²) in [6.45, 7) is 3.15. The zero-order valence-corrected chi connectivity index (χ0v) is 19.4. The topological polar surface area (TPSA) is 91.8 Å². The van der Waals surface area contributed by atoms with E-state index >= 15 is 0 Å². The van der Waals surface area contributed by atoms with Gasteiger partial charge in [0.2, 0.25) is 5.82 Å². The van der Waals surface area contributed by atoms with Gasteiger partial charge in [0.15, 0.2) is 23.3 Å². The van der Waals surface area contributed by atoms with Crippen molar-refractivity contribution in [3.05, 3.63) is 52.0 Å². The summed E-state index contributed by atoms with van der Waals surface area (Å²) in [4.78, 5) is 20.0. The quantitative estimate of drug-likeness (QED) is 0.227. The molecule has 0 N–H and O–H groups in total. The van der Waals surface area contributed by atoms with E-state index in [0.717, 1.165) is 28.8 Å². The van der Waals surface area contributed by atoms with Crippen LogP contribution in [0, 0.1) is 5.82 Å². The smallest absolute Gasteiger partial charge is 0.417 e. The molecular weight excluding hydrogens is 519 g/mol. The molecule has 3 aromatic heterocycles. The molecule has 0 fully saturated rings. The van der Waals surface area contributed by atoms with E-state index in [1.807, 2.05) is 0 Å². The molecule has 8 nitrogen and oxygen atoms in total. The molecule has 3 heterocycles. The molecule has 14 heteroatoms. The van der Waals surface area contributed by atoms with Crippen LogP contribution in [0.15, 0.2) is 35.1 Å². The lowest BCUT2D eigenvalue weighted by Crippen LogP contribution is -2.26. The summed E-state index contributed by atoms with van der Waals surface area (Å²) in [7, 11) is 0. The van der Waals surface area contributed by atoms with Gasteiger partial charge in [-0.05, 0) is 26.0 Å². The number of esters is 1. The van der Waals surface area contributed by atoms with Crippen molar-refractivity contribution in [3.8, 4) is 28.7 Å². The van der Waals surface area contributed by atoms with Crippen LogP contribution in [0.2, 0.25) is 10.0 Å². The fourth-order valence-corrected chi connectivity index (χ4v) is 3.54. The molecule has 0 bridgehead atoms. The van der Waals surface area contributed by atoms with Crippen LogP contribution in [0.1, 0.15) is 19.4 Å². The van der Waals surface area contributed by atoms with Crippen LogP contribution in [0.4, 0.5) is 17.6 Å². The Morgan fingerprint density at radius 1 is 1.17 bits per heavy atom. The number of benzene rings is 1. The molecule has 0 radical (unpaired) electrons. The highest BCUT2D eigenvalue weighted by Gasteiger charge is 2.32. The summed E-state index contributed by atoms with van der Waals surface area (Å²) in [5.41, 5.74) is -0.857. The Labute approximate surface area is 204 Å². The molecule has 4 rings (SSSR count). The molecule has 0 saturated heterocycles. The van der Waals surface area contributed by atoms with Gasteiger partial charge in [-0.15, -0.1) is 0 Å². The zero-order valence-electron chi connectivity index (χ0n) is 17.9. The third-order valence-electron chi connectivity index (χ3n) is 4.66. The minimum absolute atomic E-state index is 0.0160. The first-order chi connectivity index (χ1) is 16.5. The Bertz CT molecular complexity index is 1420. The normalized spacial score (nSPS) is 12.7. The SMILES string of the molecule is CCOC(=O)C(C)Oc1cc(Cl)c(-c2noc(-c3cn4cc(C(F)(F)F)cc(Cl)c4n3)n2)cc1F. The maximum atomic E-state index is 14.6. The van der Waals surface area contributed by atoms with Crippen molar-refractivity contribution in [3.63, 3.8) is 0 Å². The van der Waals surface area contributed by atoms with Crippen molar-refractivity contribution < 1.29 is 36.4 Å². The Morgan fingerprint density at radius 3 is 2.60 bits per heavy atom. The number of rotatable bonds is 6. The summed E-state index contributed by atoms with van der Waals surface area (Å²) >= 11 is 12.2. The third kappa shape index (κ3) is 5.03. The van der Waals surface area contributed by atoms with Gasteiger partial charge >= 0.3 is 12.1 Å². The number of carbonyl (C=O) groups excluding carboxylic acids is 1. The van der Waals surface area contributed by atoms with Crippen molar-refractivity contribution in [2.75, 3.05) is 6.61 Å². The van der Waals surface area contributed by atoms with Crippen LogP contribution < -0.4 is 4.74 Å². The number of imidazole rings is 1. The first kappa shape index (κ1) is 24.7. The van der Waals surface area contributed by atoms with Gasteiger partial charge in [-0.1, -0.05) is 28.4 Å². The lowest BCUT2D eigenvalue weighted by molar-refractivity contribution is -0.150. The molecule has 184 valence electrons. The maximum Gasteiger partial charge on any atom is 0.417 e. The highest BCUT2D eigenvalue weighted by atomic mass is 35.5. The Hall–Kier alpha value is -3.38. The maximum absolute atomic E-state index is 14.6. The zero-order chi connectivity index (χ0) is 25.5. The minimum Gasteiger partial charge on any atom is -0.476 e. The standard InChI is InChI=1S/C21H14Cl2F4N4O4/c1-3-33-20(32)9(2)34-16-6-12(22)11(5-14(16)24)17-29-19(35-30-17)15-8-31-7-10(21(25,26)27)4-13(23)18(31)28-15/h4-9H,3H2,1-2H3. The van der Waals surface area contributed by atoms with E-state index < -0.39 is 29.6 Å². The molecule has 0 saturated carbocycles. The van der Waals surface area contributed by atoms with E-state index in [0.29, 0.717) is 0 Å². The number of pyridine rings is 1. The minimum atomic E-state index is -4.61. The average Bonchev–Trinajstić information content (AvgIpc) is 3.43. The molecule has 0 aliphatic carbocycles. The molecule has 0 spiro atoms. The van der Waals surface area contributed by atoms with Gasteiger partial charge in [0, 0.05) is 24.0 Å². The number of hydrogen-bond donors (Lipinski definition) is 0. The second-order valence-electron chi connectivity index (χ2n) is 7.13. The summed E-state index contributed by atoms with van der Waals surface area (Å²) < 4.78 is 70.1. The molecular formula is C21H14Cl2F4N4O4. The molecule has 0 amide bonds. The van der Waals surface area contributed by atoms with Gasteiger partial charge in [-0.2, -0.15) is 18.2 Å². The molecule has 1 unspecified atom stereocenters. The van der Waals surface area contributed by atoms with Crippen molar-refractivity contribution >= 4 is 34.8 Å². The van der Waals surface area contributed by atoms with Crippen LogP contribution >= 0.6 is 23.2 Å². The summed E-state index contributed by atoms with van der Waals surface area (Å²) in [6.07, 6.45) is -3.64. The van der Waals surface area contributed by atoms with Crippen molar-refractivity contribution in [1.29, 1.82) is 0 Å². The van der Waals surface area contributed by atoms with E-state index in [-0.39, 0.29) is 51.0 Å². The second kappa shape index (κ2) is 9.34. The average molecular weight is 533 g/mol. The van der Waals surface area contributed by atoms with Crippen molar-refractivity contribution in [2.45, 2.75) is 26.1 Å². The van der Waals surface area contributed by atoms with Crippen LogP contribution in [-0.2, 0) is 15.7 Å². The van der Waals surface area contributed by atoms with Crippen LogP contribution in [0.3, 0.4) is 0 Å². The van der Waals surface area contributed by atoms with Gasteiger partial charge in [0.1, 0.15) is 5.69 Å². The fourth-order valence-electron chi connectivity index (χ4n) is 3.04. The lowest BCUT2D eigenvalue weighted by atomic mass is 10.2. The van der Waals surface area contributed by atoms with Gasteiger partial charge < -0.3 is 18.4 Å². The van der Waals surface area contributed by atoms with Gasteiger partial charge in [-0.25, -0.2) is 14.2 Å². The Kier molecular flexibility index (Phi) is 6.60. The van der Waals surface area contributed by atoms with Crippen LogP contribution in [0.5, 0.6) is 5.75 Å². The number of alkyl halides is 3. The number of hydrogen-bond acceptors (Lipinski definition) is 7. The molecule has 35 heavy (non-hydrogen) atoms. The number of fused-ring (bicyclic) bond motifs is 1. The second-order valence-corrected chi connectivity index (χ2v) is 7.94. The first-order valence-corrected chi connectivity index (χ1v) is 10.7. The third-order valence-corrected chi connectivity index (χ3v) is 5.25. The predicted octanol–water partition coefficient (Wildman–Crippen LogP) is 5.85. The van der Waals surface area contributed by atoms with Crippen molar-refractivity contribution in [2.24, 2.45) is 0 Å². The number of nitrogens with zero attached hydrogens (tertiary/aromatic N) is 4. The Morgan fingerprint density at radius 2 is 1.91 bits per heavy atom. The van der Waals surface area contributed by atoms with E-state index in [4.69, 9.17) is 37.2 Å². The van der Waals surface area contributed by atoms with Gasteiger partial charge in [-0.3, -0.25) is 0 Å². The highest BCUT2D eigenvalue weighted by molar-refractivity contribution is 6.33. The highest BCUT2D eigenvalue weighted by Crippen LogP contribution is 2.35. The molecule has 1 aromatic carbocycles. The molecule has 1 atom stereocenters. The summed E-state index contributed by atoms with van der Waals surface area (Å²) in [5, 5.41) is 3.49. The van der Waals surface area contributed by atoms with Crippen LogP contribution in [0.25, 0.3) is 28.6 Å². The predicted molar refractivity (Wildman–Crippen MR) is 116 cm³/mol. The monoisotopic (exact) mass is 532 g/mol. The van der Waals surface area contributed by atoms with E-state index in [1.54, 1.807) is 6.92 Å². The van der Waals surface area contributed by atoms with Gasteiger partial charge in [0.25, 0.3) is 5.89 Å². The largest absolute Gasteiger partial charge is 0.476 e. The molecule has 0 aliphatic rings. The van der Waals surface area contributed by atoms with Gasteiger partial charge in [0.05, 0.1) is 22.2 Å². The van der Waals surface area contributed by atoms with E-state index in [2.05, 4.69) is 15.1 Å². The first-order valence-electron chi connectivity index (χ1n) is 9.90. The molecule has 0 aliphatic heterocycles. The Balaban J connectivity index is 1.63. The number of ether oxygens (including phenoxy) is 2. The van der Waals surface area contributed by atoms with E-state index in [9.17, 15) is 22.4 Å². The number of halogens is 6. The number of carbonyl (C=O) groups is 1.